The first kappa shape index (κ1) is 21.3. The molecule has 170 valence electrons. The number of rotatable bonds is 6. The van der Waals surface area contributed by atoms with E-state index in [1.165, 1.54) is 0 Å². The molecule has 0 aliphatic carbocycles. The smallest absolute Gasteiger partial charge is 0.253 e. The fourth-order valence-corrected chi connectivity index (χ4v) is 4.39. The molecule has 4 aromatic rings. The fraction of sp³-hybridized carbons (Fsp3) is 0.333. The zero-order valence-electron chi connectivity index (χ0n) is 18.8. The summed E-state index contributed by atoms with van der Waals surface area (Å²) < 4.78 is 7.19. The van der Waals surface area contributed by atoms with E-state index in [-0.39, 0.29) is 11.6 Å². The number of hydrogen-bond donors (Lipinski definition) is 1. The lowest BCUT2D eigenvalue weighted by molar-refractivity contribution is 0.121. The second-order valence-corrected chi connectivity index (χ2v) is 8.43. The number of aromatic amines is 1. The second kappa shape index (κ2) is 9.13. The Hall–Kier alpha value is -3.56. The fourth-order valence-electron chi connectivity index (χ4n) is 4.39. The van der Waals surface area contributed by atoms with E-state index in [4.69, 9.17) is 4.74 Å². The van der Waals surface area contributed by atoms with E-state index in [2.05, 4.69) is 37.4 Å². The standard InChI is InChI=1S/C24H27N7O2/c1-29-10-12-30(13-11-29)22(23-26-27-28-31(23)16-17-6-4-3-5-7-17)20-15-18-14-19(33-2)8-9-21(18)25-24(20)32/h3-9,14-15,22H,10-13,16H2,1-2H3,(H,25,32). The molecule has 1 atom stereocenters. The van der Waals surface area contributed by atoms with Gasteiger partial charge in [-0.05, 0) is 47.3 Å². The van der Waals surface area contributed by atoms with Gasteiger partial charge in [0.05, 0.1) is 13.7 Å². The number of aromatic nitrogens is 5. The van der Waals surface area contributed by atoms with E-state index in [0.29, 0.717) is 17.9 Å². The van der Waals surface area contributed by atoms with Crippen molar-refractivity contribution in [2.24, 2.45) is 0 Å². The molecule has 0 bridgehead atoms. The Kier molecular flexibility index (Phi) is 5.89. The van der Waals surface area contributed by atoms with Crippen LogP contribution in [0.15, 0.2) is 59.4 Å². The average Bonchev–Trinajstić information content (AvgIpc) is 3.28. The quantitative estimate of drug-likeness (QED) is 0.485. The summed E-state index contributed by atoms with van der Waals surface area (Å²) in [6.45, 7) is 3.99. The Bertz CT molecular complexity index is 1290. The molecule has 0 radical (unpaired) electrons. The normalized spacial score (nSPS) is 16.2. The monoisotopic (exact) mass is 445 g/mol. The summed E-state index contributed by atoms with van der Waals surface area (Å²) in [5.74, 6) is 1.40. The van der Waals surface area contributed by atoms with Crippen LogP contribution in [0.25, 0.3) is 10.9 Å². The number of ether oxygens (including phenoxy) is 1. The molecular weight excluding hydrogens is 418 g/mol. The van der Waals surface area contributed by atoms with Gasteiger partial charge in [-0.2, -0.15) is 0 Å². The number of nitrogens with one attached hydrogen (secondary N) is 1. The predicted octanol–water partition coefficient (Wildman–Crippen LogP) is 1.91. The van der Waals surface area contributed by atoms with Crippen LogP contribution in [0.3, 0.4) is 0 Å². The summed E-state index contributed by atoms with van der Waals surface area (Å²) in [5.41, 5.74) is 2.36. The van der Waals surface area contributed by atoms with Gasteiger partial charge in [-0.3, -0.25) is 9.69 Å². The number of nitrogens with zero attached hydrogens (tertiary/aromatic N) is 6. The molecule has 0 amide bonds. The first-order valence-corrected chi connectivity index (χ1v) is 11.1. The van der Waals surface area contributed by atoms with Crippen LogP contribution in [0, 0.1) is 0 Å². The summed E-state index contributed by atoms with van der Waals surface area (Å²) in [6.07, 6.45) is 0. The van der Waals surface area contributed by atoms with Gasteiger partial charge < -0.3 is 14.6 Å². The largest absolute Gasteiger partial charge is 0.497 e. The molecule has 1 saturated heterocycles. The van der Waals surface area contributed by atoms with Crippen molar-refractivity contribution in [3.63, 3.8) is 0 Å². The highest BCUT2D eigenvalue weighted by Crippen LogP contribution is 2.29. The van der Waals surface area contributed by atoms with E-state index >= 15 is 0 Å². The lowest BCUT2D eigenvalue weighted by Gasteiger charge is -2.37. The van der Waals surface area contributed by atoms with Gasteiger partial charge in [0.15, 0.2) is 5.82 Å². The zero-order chi connectivity index (χ0) is 22.8. The van der Waals surface area contributed by atoms with Crippen molar-refractivity contribution in [3.8, 4) is 5.75 Å². The maximum Gasteiger partial charge on any atom is 0.253 e. The third-order valence-electron chi connectivity index (χ3n) is 6.26. The molecular formula is C24H27N7O2. The summed E-state index contributed by atoms with van der Waals surface area (Å²) in [6, 6.07) is 17.3. The van der Waals surface area contributed by atoms with Gasteiger partial charge in [0.2, 0.25) is 0 Å². The molecule has 3 heterocycles. The van der Waals surface area contributed by atoms with E-state index in [1.54, 1.807) is 11.8 Å². The minimum Gasteiger partial charge on any atom is -0.497 e. The second-order valence-electron chi connectivity index (χ2n) is 8.43. The van der Waals surface area contributed by atoms with Crippen molar-refractivity contribution in [1.29, 1.82) is 0 Å². The molecule has 0 saturated carbocycles. The molecule has 1 unspecified atom stereocenters. The molecule has 5 rings (SSSR count). The van der Waals surface area contributed by atoms with Crippen LogP contribution >= 0.6 is 0 Å². The first-order valence-electron chi connectivity index (χ1n) is 11.1. The predicted molar refractivity (Wildman–Crippen MR) is 125 cm³/mol. The Morgan fingerprint density at radius 2 is 1.85 bits per heavy atom. The zero-order valence-corrected chi connectivity index (χ0v) is 18.8. The molecule has 1 aliphatic heterocycles. The van der Waals surface area contributed by atoms with Gasteiger partial charge >= 0.3 is 0 Å². The minimum atomic E-state index is -0.364. The Morgan fingerprint density at radius 3 is 2.61 bits per heavy atom. The van der Waals surface area contributed by atoms with Crippen molar-refractivity contribution in [2.45, 2.75) is 12.6 Å². The molecule has 9 heteroatoms. The average molecular weight is 446 g/mol. The summed E-state index contributed by atoms with van der Waals surface area (Å²) in [7, 11) is 3.75. The number of piperazine rings is 1. The summed E-state index contributed by atoms with van der Waals surface area (Å²) in [4.78, 5) is 20.9. The third-order valence-corrected chi connectivity index (χ3v) is 6.26. The topological polar surface area (TPSA) is 92.2 Å². The Balaban J connectivity index is 1.61. The molecule has 0 spiro atoms. The molecule has 2 aromatic carbocycles. The highest BCUT2D eigenvalue weighted by Gasteiger charge is 2.32. The molecule has 33 heavy (non-hydrogen) atoms. The van der Waals surface area contributed by atoms with Crippen LogP contribution in [0.2, 0.25) is 0 Å². The third kappa shape index (κ3) is 4.37. The van der Waals surface area contributed by atoms with Crippen molar-refractivity contribution in [2.75, 3.05) is 40.3 Å². The highest BCUT2D eigenvalue weighted by molar-refractivity contribution is 5.80. The molecule has 1 fully saturated rings. The van der Waals surface area contributed by atoms with Gasteiger partial charge in [-0.15, -0.1) is 5.10 Å². The van der Waals surface area contributed by atoms with Crippen LogP contribution in [0.4, 0.5) is 0 Å². The lowest BCUT2D eigenvalue weighted by atomic mass is 10.0. The lowest BCUT2D eigenvalue weighted by Crippen LogP contribution is -2.47. The maximum absolute atomic E-state index is 13.3. The number of methoxy groups -OCH3 is 1. The van der Waals surface area contributed by atoms with Gasteiger partial charge in [0.1, 0.15) is 11.8 Å². The van der Waals surface area contributed by atoms with Crippen LogP contribution < -0.4 is 10.3 Å². The SMILES string of the molecule is COc1ccc2[nH]c(=O)c(C(c3nnnn3Cc3ccccc3)N3CCN(C)CC3)cc2c1. The number of hydrogen-bond acceptors (Lipinski definition) is 7. The van der Waals surface area contributed by atoms with E-state index < -0.39 is 0 Å². The van der Waals surface area contributed by atoms with Crippen LogP contribution in [-0.4, -0.2) is 75.3 Å². The van der Waals surface area contributed by atoms with E-state index in [1.807, 2.05) is 54.6 Å². The van der Waals surface area contributed by atoms with Crippen molar-refractivity contribution in [1.82, 2.24) is 35.0 Å². The van der Waals surface area contributed by atoms with Crippen molar-refractivity contribution >= 4 is 10.9 Å². The van der Waals surface area contributed by atoms with Crippen LogP contribution in [0.1, 0.15) is 23.0 Å². The van der Waals surface area contributed by atoms with Crippen LogP contribution in [0.5, 0.6) is 5.75 Å². The van der Waals surface area contributed by atoms with Gasteiger partial charge in [-0.25, -0.2) is 4.68 Å². The number of likely N-dealkylation sites (N-methyl/N-ethyl adjacent to an activating group) is 1. The minimum absolute atomic E-state index is 0.133. The van der Waals surface area contributed by atoms with Crippen LogP contribution in [-0.2, 0) is 6.54 Å². The van der Waals surface area contributed by atoms with Gasteiger partial charge in [0.25, 0.3) is 5.56 Å². The number of H-pyrrole nitrogens is 1. The van der Waals surface area contributed by atoms with E-state index in [9.17, 15) is 4.79 Å². The molecule has 1 aliphatic rings. The highest BCUT2D eigenvalue weighted by atomic mass is 16.5. The number of benzene rings is 2. The molecule has 9 nitrogen and oxygen atoms in total. The maximum atomic E-state index is 13.3. The first-order chi connectivity index (χ1) is 16.1. The van der Waals surface area contributed by atoms with Crippen molar-refractivity contribution < 1.29 is 4.74 Å². The molecule has 1 N–H and O–H groups in total. The number of pyridine rings is 1. The molecule has 2 aromatic heterocycles. The Morgan fingerprint density at radius 1 is 1.06 bits per heavy atom. The Labute approximate surface area is 191 Å². The summed E-state index contributed by atoms with van der Waals surface area (Å²) >= 11 is 0. The number of tetrazole rings is 1. The van der Waals surface area contributed by atoms with Gasteiger partial charge in [-0.1, -0.05) is 30.3 Å². The van der Waals surface area contributed by atoms with Gasteiger partial charge in [0, 0.05) is 42.6 Å². The number of fused-ring (bicyclic) bond motifs is 1. The van der Waals surface area contributed by atoms with Crippen molar-refractivity contribution in [3.05, 3.63) is 81.9 Å². The van der Waals surface area contributed by atoms with E-state index in [0.717, 1.165) is 48.4 Å². The summed E-state index contributed by atoms with van der Waals surface area (Å²) in [5, 5.41) is 13.6.